The number of para-hydroxylation sites is 1. The SMILES string of the molecule is CC1(O)CCC(CNC23CCC(CNc4nc(NCc5ccccc5OCC(F)(F)F)ncc4C#N)(CC2)CC3)CC1. The Labute approximate surface area is 245 Å². The fraction of sp³-hybridized carbons (Fsp3) is 0.645. The molecule has 0 unspecified atom stereocenters. The molecule has 0 aliphatic heterocycles. The van der Waals surface area contributed by atoms with Gasteiger partial charge in [0.25, 0.3) is 0 Å². The number of aromatic nitrogens is 2. The molecule has 4 fully saturated rings. The number of ether oxygens (including phenoxy) is 1. The van der Waals surface area contributed by atoms with E-state index in [1.807, 2.05) is 6.92 Å². The Morgan fingerprint density at radius 1 is 1.05 bits per heavy atom. The number of aliphatic hydroxyl groups is 1. The molecule has 42 heavy (non-hydrogen) atoms. The molecule has 1 aromatic carbocycles. The molecule has 1 aromatic heterocycles. The summed E-state index contributed by atoms with van der Waals surface area (Å²) in [6.45, 7) is 2.50. The first kappa shape index (κ1) is 30.4. The van der Waals surface area contributed by atoms with Crippen molar-refractivity contribution in [1.82, 2.24) is 15.3 Å². The zero-order valence-electron chi connectivity index (χ0n) is 24.2. The van der Waals surface area contributed by atoms with Crippen LogP contribution in [0.1, 0.15) is 82.3 Å². The monoisotopic (exact) mass is 586 g/mol. The summed E-state index contributed by atoms with van der Waals surface area (Å²) in [4.78, 5) is 8.76. The molecule has 4 N–H and O–H groups in total. The lowest BCUT2D eigenvalue weighted by atomic mass is 9.57. The van der Waals surface area contributed by atoms with Crippen molar-refractivity contribution in [1.29, 1.82) is 5.26 Å². The molecule has 0 atom stereocenters. The van der Waals surface area contributed by atoms with Crippen LogP contribution in [0.15, 0.2) is 30.5 Å². The maximum atomic E-state index is 12.6. The van der Waals surface area contributed by atoms with E-state index in [0.29, 0.717) is 22.9 Å². The molecule has 4 aliphatic rings. The molecule has 1 heterocycles. The van der Waals surface area contributed by atoms with Crippen LogP contribution in [0.5, 0.6) is 5.75 Å². The molecule has 4 aliphatic carbocycles. The first-order valence-electron chi connectivity index (χ1n) is 15.0. The van der Waals surface area contributed by atoms with Gasteiger partial charge in [0, 0.05) is 24.2 Å². The molecule has 6 rings (SSSR count). The van der Waals surface area contributed by atoms with E-state index in [2.05, 4.69) is 32.0 Å². The van der Waals surface area contributed by atoms with Crippen LogP contribution in [-0.2, 0) is 6.54 Å². The van der Waals surface area contributed by atoms with Crippen molar-refractivity contribution in [2.24, 2.45) is 11.3 Å². The Hall–Kier alpha value is -3.10. The van der Waals surface area contributed by atoms with Crippen molar-refractivity contribution in [2.45, 2.75) is 95.0 Å². The Morgan fingerprint density at radius 2 is 1.74 bits per heavy atom. The maximum Gasteiger partial charge on any atom is 0.422 e. The van der Waals surface area contributed by atoms with Crippen molar-refractivity contribution >= 4 is 11.8 Å². The van der Waals surface area contributed by atoms with Gasteiger partial charge >= 0.3 is 6.18 Å². The van der Waals surface area contributed by atoms with Gasteiger partial charge in [-0.25, -0.2) is 4.98 Å². The molecule has 0 radical (unpaired) electrons. The summed E-state index contributed by atoms with van der Waals surface area (Å²) in [6.07, 6.45) is 7.71. The number of anilines is 2. The minimum atomic E-state index is -4.43. The van der Waals surface area contributed by atoms with E-state index in [9.17, 15) is 23.5 Å². The number of benzene rings is 1. The van der Waals surface area contributed by atoms with Crippen LogP contribution in [0.25, 0.3) is 0 Å². The van der Waals surface area contributed by atoms with Crippen LogP contribution < -0.4 is 20.7 Å². The summed E-state index contributed by atoms with van der Waals surface area (Å²) in [5.41, 5.74) is 0.765. The van der Waals surface area contributed by atoms with Crippen LogP contribution in [-0.4, -0.2) is 52.1 Å². The highest BCUT2D eigenvalue weighted by atomic mass is 19.4. The van der Waals surface area contributed by atoms with Gasteiger partial charge in [0.2, 0.25) is 5.95 Å². The molecule has 228 valence electrons. The lowest BCUT2D eigenvalue weighted by Crippen LogP contribution is -2.57. The number of hydrogen-bond donors (Lipinski definition) is 4. The third-order valence-corrected chi connectivity index (χ3v) is 9.69. The van der Waals surface area contributed by atoms with Crippen molar-refractivity contribution in [2.75, 3.05) is 30.3 Å². The van der Waals surface area contributed by atoms with Crippen LogP contribution in [0.4, 0.5) is 24.9 Å². The van der Waals surface area contributed by atoms with E-state index in [4.69, 9.17) is 4.74 Å². The van der Waals surface area contributed by atoms with E-state index in [-0.39, 0.29) is 29.2 Å². The normalized spacial score (nSPS) is 29.1. The second-order valence-corrected chi connectivity index (χ2v) is 12.9. The van der Waals surface area contributed by atoms with E-state index in [1.165, 1.54) is 12.3 Å². The molecule has 0 spiro atoms. The van der Waals surface area contributed by atoms with Gasteiger partial charge in [-0.15, -0.1) is 0 Å². The van der Waals surface area contributed by atoms with Crippen LogP contribution in [0.2, 0.25) is 0 Å². The lowest BCUT2D eigenvalue weighted by Gasteiger charge is -2.54. The third kappa shape index (κ3) is 7.64. The second kappa shape index (κ2) is 12.3. The van der Waals surface area contributed by atoms with E-state index in [1.54, 1.807) is 18.2 Å². The van der Waals surface area contributed by atoms with Gasteiger partial charge in [0.05, 0.1) is 11.8 Å². The van der Waals surface area contributed by atoms with Crippen molar-refractivity contribution < 1.29 is 23.0 Å². The fourth-order valence-corrected chi connectivity index (χ4v) is 6.74. The molecule has 2 aromatic rings. The number of nitrogens with zero attached hydrogens (tertiary/aromatic N) is 3. The largest absolute Gasteiger partial charge is 0.484 e. The number of rotatable bonds is 11. The quantitative estimate of drug-likeness (QED) is 0.256. The Balaban J connectivity index is 1.14. The van der Waals surface area contributed by atoms with Crippen LogP contribution in [0.3, 0.4) is 0 Å². The molecule has 11 heteroatoms. The standard InChI is InChI=1S/C31H41F3N6O2/c1-28(41)8-6-22(7-9-28)17-39-30-13-10-29(11-14-30,12-15-30)20-38-26-24(16-35)19-37-27(40-26)36-18-23-4-2-3-5-25(23)42-21-31(32,33)34/h2-5,19,22,39,41H,6-15,17-18,20-21H2,1H3,(H2,36,37,38,40). The van der Waals surface area contributed by atoms with Gasteiger partial charge in [-0.05, 0) is 95.1 Å². The topological polar surface area (TPSA) is 115 Å². The molecular formula is C31H41F3N6O2. The van der Waals surface area contributed by atoms with Crippen LogP contribution in [0, 0.1) is 22.7 Å². The molecule has 0 saturated heterocycles. The van der Waals surface area contributed by atoms with Crippen molar-refractivity contribution in [3.63, 3.8) is 0 Å². The summed E-state index contributed by atoms with van der Waals surface area (Å²) >= 11 is 0. The average Bonchev–Trinajstić information content (AvgIpc) is 2.98. The highest BCUT2D eigenvalue weighted by molar-refractivity contribution is 5.53. The number of nitriles is 1. The molecule has 0 amide bonds. The van der Waals surface area contributed by atoms with Crippen LogP contribution >= 0.6 is 0 Å². The van der Waals surface area contributed by atoms with Crippen molar-refractivity contribution in [3.8, 4) is 11.8 Å². The summed E-state index contributed by atoms with van der Waals surface area (Å²) < 4.78 is 42.9. The lowest BCUT2D eigenvalue weighted by molar-refractivity contribution is -0.153. The average molecular weight is 587 g/mol. The predicted molar refractivity (Wildman–Crippen MR) is 154 cm³/mol. The zero-order valence-corrected chi connectivity index (χ0v) is 24.2. The highest BCUT2D eigenvalue weighted by Gasteiger charge is 2.48. The van der Waals surface area contributed by atoms with Gasteiger partial charge in [0.1, 0.15) is 23.2 Å². The Morgan fingerprint density at radius 3 is 2.40 bits per heavy atom. The number of halogens is 3. The van der Waals surface area contributed by atoms with Gasteiger partial charge < -0.3 is 25.8 Å². The van der Waals surface area contributed by atoms with Gasteiger partial charge in [-0.1, -0.05) is 18.2 Å². The first-order valence-corrected chi connectivity index (χ1v) is 15.0. The van der Waals surface area contributed by atoms with E-state index in [0.717, 1.165) is 77.3 Å². The third-order valence-electron chi connectivity index (χ3n) is 9.69. The summed E-state index contributed by atoms with van der Waals surface area (Å²) in [5.74, 6) is 1.51. The Kier molecular flexibility index (Phi) is 8.86. The fourth-order valence-electron chi connectivity index (χ4n) is 6.74. The minimum Gasteiger partial charge on any atom is -0.484 e. The molecule has 4 saturated carbocycles. The predicted octanol–water partition coefficient (Wildman–Crippen LogP) is 5.94. The van der Waals surface area contributed by atoms with Gasteiger partial charge in [0.15, 0.2) is 6.61 Å². The molecule has 2 bridgehead atoms. The van der Waals surface area contributed by atoms with E-state index < -0.39 is 18.4 Å². The highest BCUT2D eigenvalue weighted by Crippen LogP contribution is 2.52. The second-order valence-electron chi connectivity index (χ2n) is 12.9. The van der Waals surface area contributed by atoms with Gasteiger partial charge in [-0.2, -0.15) is 23.4 Å². The number of fused-ring (bicyclic) bond motifs is 3. The number of hydrogen-bond acceptors (Lipinski definition) is 8. The van der Waals surface area contributed by atoms with Gasteiger partial charge in [-0.3, -0.25) is 0 Å². The summed E-state index contributed by atoms with van der Waals surface area (Å²) in [5, 5.41) is 30.3. The minimum absolute atomic E-state index is 0.139. The van der Waals surface area contributed by atoms with Crippen molar-refractivity contribution in [3.05, 3.63) is 41.6 Å². The Bertz CT molecular complexity index is 1240. The first-order chi connectivity index (χ1) is 20.0. The molecular weight excluding hydrogens is 545 g/mol. The maximum absolute atomic E-state index is 12.6. The number of alkyl halides is 3. The van der Waals surface area contributed by atoms with E-state index >= 15 is 0 Å². The molecule has 8 nitrogen and oxygen atoms in total. The smallest absolute Gasteiger partial charge is 0.422 e. The summed E-state index contributed by atoms with van der Waals surface area (Å²) in [7, 11) is 0. The number of nitrogens with one attached hydrogen (secondary N) is 3. The zero-order chi connectivity index (χ0) is 29.8. The summed E-state index contributed by atoms with van der Waals surface area (Å²) in [6, 6.07) is 8.68.